The fraction of sp³-hybridized carbons (Fsp3) is 0.200. The lowest BCUT2D eigenvalue weighted by molar-refractivity contribution is -0.385. The summed E-state index contributed by atoms with van der Waals surface area (Å²) in [5.74, 6) is 0.641. The first-order valence-electron chi connectivity index (χ1n) is 8.83. The highest BCUT2D eigenvalue weighted by Crippen LogP contribution is 2.38. The van der Waals surface area contributed by atoms with Crippen molar-refractivity contribution >= 4 is 57.3 Å². The Kier molecular flexibility index (Phi) is 6.98. The number of methoxy groups -OCH3 is 1. The number of ether oxygens (including phenoxy) is 2. The molecule has 0 unspecified atom stereocenters. The third-order valence-corrected chi connectivity index (χ3v) is 5.94. The lowest BCUT2D eigenvalue weighted by Crippen LogP contribution is -2.27. The van der Waals surface area contributed by atoms with Crippen LogP contribution < -0.4 is 9.47 Å². The maximum atomic E-state index is 12.8. The molecule has 1 fully saturated rings. The molecule has 0 radical (unpaired) electrons. The van der Waals surface area contributed by atoms with Gasteiger partial charge < -0.3 is 9.47 Å². The minimum Gasteiger partial charge on any atom is -0.493 e. The molecule has 3 rings (SSSR count). The Morgan fingerprint density at radius 1 is 1.27 bits per heavy atom. The second-order valence-electron chi connectivity index (χ2n) is 6.12. The molecule has 0 atom stereocenters. The Bertz CT molecular complexity index is 1060. The lowest BCUT2D eigenvalue weighted by atomic mass is 10.1. The molecule has 2 aromatic rings. The number of hydrogen-bond donors (Lipinski definition) is 0. The van der Waals surface area contributed by atoms with Crippen molar-refractivity contribution in [1.29, 1.82) is 0 Å². The molecule has 8 nitrogen and oxygen atoms in total. The number of benzene rings is 2. The molecular weight excluding hydrogens is 523 g/mol. The first kappa shape index (κ1) is 22.1. The van der Waals surface area contributed by atoms with Crippen LogP contribution in [0.5, 0.6) is 11.5 Å². The minimum atomic E-state index is -0.529. The molecule has 0 aliphatic carbocycles. The Labute approximate surface area is 190 Å². The molecule has 30 heavy (non-hydrogen) atoms. The zero-order valence-corrected chi connectivity index (χ0v) is 19.1. The van der Waals surface area contributed by atoms with Crippen LogP contribution in [0, 0.1) is 13.7 Å². The van der Waals surface area contributed by atoms with E-state index in [4.69, 9.17) is 9.47 Å². The van der Waals surface area contributed by atoms with Gasteiger partial charge in [0.25, 0.3) is 16.8 Å². The van der Waals surface area contributed by atoms with Crippen molar-refractivity contribution in [2.45, 2.75) is 13.5 Å². The van der Waals surface area contributed by atoms with Crippen LogP contribution >= 0.6 is 34.4 Å². The van der Waals surface area contributed by atoms with Crippen molar-refractivity contribution in [2.24, 2.45) is 0 Å². The van der Waals surface area contributed by atoms with Crippen molar-refractivity contribution in [3.63, 3.8) is 0 Å². The highest BCUT2D eigenvalue weighted by atomic mass is 127. The molecule has 0 bridgehead atoms. The Morgan fingerprint density at radius 2 is 2.00 bits per heavy atom. The first-order chi connectivity index (χ1) is 14.3. The van der Waals surface area contributed by atoms with Crippen molar-refractivity contribution in [3.8, 4) is 11.5 Å². The summed E-state index contributed by atoms with van der Waals surface area (Å²) in [4.78, 5) is 37.1. The molecule has 1 aliphatic heterocycles. The highest BCUT2D eigenvalue weighted by Gasteiger charge is 2.36. The number of thioether (sulfide) groups is 1. The summed E-state index contributed by atoms with van der Waals surface area (Å²) in [6.45, 7) is 2.19. The van der Waals surface area contributed by atoms with Gasteiger partial charge >= 0.3 is 0 Å². The largest absolute Gasteiger partial charge is 0.493 e. The van der Waals surface area contributed by atoms with Gasteiger partial charge in [-0.1, -0.05) is 18.2 Å². The molecule has 0 N–H and O–H groups in total. The first-order valence-corrected chi connectivity index (χ1v) is 10.7. The van der Waals surface area contributed by atoms with Crippen LogP contribution in [0.2, 0.25) is 0 Å². The van der Waals surface area contributed by atoms with E-state index in [2.05, 4.69) is 22.6 Å². The van der Waals surface area contributed by atoms with Crippen molar-refractivity contribution in [1.82, 2.24) is 4.90 Å². The predicted octanol–water partition coefficient (Wildman–Crippen LogP) is 4.84. The molecule has 0 saturated carbocycles. The number of hydrogen-bond acceptors (Lipinski definition) is 7. The van der Waals surface area contributed by atoms with E-state index in [0.29, 0.717) is 29.2 Å². The SMILES string of the molecule is CCOc1c(I)cc(/C=C2\SC(=O)N(Cc3ccccc3[N+](=O)[O-])C2=O)cc1OC. The Balaban J connectivity index is 1.89. The zero-order chi connectivity index (χ0) is 21.8. The van der Waals surface area contributed by atoms with Crippen LogP contribution in [0.1, 0.15) is 18.1 Å². The monoisotopic (exact) mass is 540 g/mol. The molecule has 1 aliphatic rings. The standard InChI is InChI=1S/C20H17IN2O6S/c1-3-29-18-14(21)8-12(9-16(18)28-2)10-17-19(24)22(20(25)30-17)11-13-6-4-5-7-15(13)23(26)27/h4-10H,3,11H2,1-2H3/b17-10-. The van der Waals surface area contributed by atoms with Gasteiger partial charge in [0.05, 0.1) is 33.7 Å². The minimum absolute atomic E-state index is 0.133. The number of nitro groups is 1. The summed E-state index contributed by atoms with van der Waals surface area (Å²) in [6, 6.07) is 9.60. The lowest BCUT2D eigenvalue weighted by Gasteiger charge is -2.13. The summed E-state index contributed by atoms with van der Waals surface area (Å²) >= 11 is 2.91. The third-order valence-electron chi connectivity index (χ3n) is 4.23. The summed E-state index contributed by atoms with van der Waals surface area (Å²) in [5, 5.41) is 10.7. The molecule has 1 heterocycles. The molecule has 1 saturated heterocycles. The Morgan fingerprint density at radius 3 is 2.67 bits per heavy atom. The number of amides is 2. The summed E-state index contributed by atoms with van der Waals surface area (Å²) in [7, 11) is 1.53. The van der Waals surface area contributed by atoms with Gasteiger partial charge in [-0.2, -0.15) is 0 Å². The third kappa shape index (κ3) is 4.59. The van der Waals surface area contributed by atoms with Crippen LogP contribution in [-0.4, -0.2) is 34.7 Å². The van der Waals surface area contributed by atoms with E-state index >= 15 is 0 Å². The second kappa shape index (κ2) is 9.47. The van der Waals surface area contributed by atoms with Crippen LogP contribution in [0.4, 0.5) is 10.5 Å². The average molecular weight is 540 g/mol. The maximum Gasteiger partial charge on any atom is 0.293 e. The van der Waals surface area contributed by atoms with Crippen molar-refractivity contribution in [2.75, 3.05) is 13.7 Å². The normalized spacial score (nSPS) is 15.0. The van der Waals surface area contributed by atoms with E-state index in [1.54, 1.807) is 18.2 Å². The Hall–Kier alpha value is -2.60. The van der Waals surface area contributed by atoms with E-state index in [9.17, 15) is 19.7 Å². The number of rotatable bonds is 7. The molecule has 2 aromatic carbocycles. The molecule has 2 amide bonds. The van der Waals surface area contributed by atoms with Crippen molar-refractivity contribution in [3.05, 3.63) is 66.1 Å². The molecule has 156 valence electrons. The van der Waals surface area contributed by atoms with Gasteiger partial charge in [-0.05, 0) is 65.0 Å². The van der Waals surface area contributed by atoms with E-state index in [1.165, 1.54) is 25.3 Å². The van der Waals surface area contributed by atoms with Crippen molar-refractivity contribution < 1.29 is 24.0 Å². The summed E-state index contributed by atoms with van der Waals surface area (Å²) in [6.07, 6.45) is 1.60. The number of imide groups is 1. The van der Waals surface area contributed by atoms with Crippen LogP contribution in [0.3, 0.4) is 0 Å². The van der Waals surface area contributed by atoms with Gasteiger partial charge in [0.15, 0.2) is 11.5 Å². The maximum absolute atomic E-state index is 12.8. The number of para-hydroxylation sites is 1. The summed E-state index contributed by atoms with van der Waals surface area (Å²) in [5.41, 5.74) is 0.838. The van der Waals surface area contributed by atoms with E-state index in [-0.39, 0.29) is 17.1 Å². The van der Waals surface area contributed by atoms with Gasteiger partial charge in [-0.15, -0.1) is 0 Å². The van der Waals surface area contributed by atoms with Gasteiger partial charge in [0.1, 0.15) is 0 Å². The van der Waals surface area contributed by atoms with Gasteiger partial charge in [-0.25, -0.2) is 0 Å². The van der Waals surface area contributed by atoms with Gasteiger partial charge in [0.2, 0.25) is 0 Å². The van der Waals surface area contributed by atoms with E-state index in [1.807, 2.05) is 13.0 Å². The van der Waals surface area contributed by atoms with Crippen LogP contribution in [0.15, 0.2) is 41.3 Å². The fourth-order valence-electron chi connectivity index (χ4n) is 2.89. The second-order valence-corrected chi connectivity index (χ2v) is 8.28. The average Bonchev–Trinajstić information content (AvgIpc) is 2.97. The quantitative estimate of drug-likeness (QED) is 0.215. The number of nitrogens with zero attached hydrogens (tertiary/aromatic N) is 2. The molecular formula is C20H17IN2O6S. The number of nitro benzene ring substituents is 1. The predicted molar refractivity (Wildman–Crippen MR) is 121 cm³/mol. The van der Waals surface area contributed by atoms with Gasteiger partial charge in [-0.3, -0.25) is 24.6 Å². The van der Waals surface area contributed by atoms with Gasteiger partial charge in [0, 0.05) is 11.6 Å². The van der Waals surface area contributed by atoms with E-state index < -0.39 is 16.1 Å². The smallest absolute Gasteiger partial charge is 0.293 e. The zero-order valence-electron chi connectivity index (χ0n) is 16.1. The fourth-order valence-corrected chi connectivity index (χ4v) is 4.51. The molecule has 10 heteroatoms. The molecule has 0 aromatic heterocycles. The van der Waals surface area contributed by atoms with Crippen LogP contribution in [0.25, 0.3) is 6.08 Å². The number of carbonyl (C=O) groups is 2. The number of carbonyl (C=O) groups excluding carboxylic acids is 2. The highest BCUT2D eigenvalue weighted by molar-refractivity contribution is 14.1. The molecule has 0 spiro atoms. The topological polar surface area (TPSA) is 99.0 Å². The summed E-state index contributed by atoms with van der Waals surface area (Å²) < 4.78 is 11.8. The number of halogens is 1. The van der Waals surface area contributed by atoms with E-state index in [0.717, 1.165) is 20.2 Å². The van der Waals surface area contributed by atoms with Crippen LogP contribution in [-0.2, 0) is 11.3 Å².